The number of anilines is 1. The number of carbonyl (C=O) groups is 1. The number of pyridine rings is 1. The summed E-state index contributed by atoms with van der Waals surface area (Å²) in [7, 11) is 0. The van der Waals surface area contributed by atoms with Crippen molar-refractivity contribution in [2.24, 2.45) is 0 Å². The molecular formula is C18H18N4OS. The molecule has 0 fully saturated rings. The van der Waals surface area contributed by atoms with Crippen LogP contribution in [0.15, 0.2) is 54.2 Å². The lowest BCUT2D eigenvalue weighted by Crippen LogP contribution is -2.31. The van der Waals surface area contributed by atoms with Gasteiger partial charge in [-0.3, -0.25) is 4.98 Å². The minimum absolute atomic E-state index is 0.0921. The number of aromatic nitrogens is 2. The van der Waals surface area contributed by atoms with E-state index >= 15 is 0 Å². The number of hydrogen-bond donors (Lipinski definition) is 2. The minimum atomic E-state index is -0.239. The second kappa shape index (κ2) is 7.23. The summed E-state index contributed by atoms with van der Waals surface area (Å²) in [5.74, 6) is 0. The smallest absolute Gasteiger partial charge is 0.319 e. The first-order chi connectivity index (χ1) is 11.6. The Morgan fingerprint density at radius 2 is 1.83 bits per heavy atom. The second-order valence-electron chi connectivity index (χ2n) is 5.47. The van der Waals surface area contributed by atoms with Crippen LogP contribution < -0.4 is 10.6 Å². The van der Waals surface area contributed by atoms with Gasteiger partial charge in [0.2, 0.25) is 0 Å². The molecule has 0 saturated carbocycles. The third kappa shape index (κ3) is 3.97. The van der Waals surface area contributed by atoms with E-state index in [2.05, 4.69) is 20.6 Å². The number of carbonyl (C=O) groups excluding carboxylic acids is 1. The Morgan fingerprint density at radius 1 is 1.12 bits per heavy atom. The number of rotatable bonds is 4. The summed E-state index contributed by atoms with van der Waals surface area (Å²) in [6.45, 7) is 3.91. The molecule has 1 aromatic carbocycles. The maximum absolute atomic E-state index is 12.1. The van der Waals surface area contributed by atoms with Gasteiger partial charge in [0.1, 0.15) is 5.01 Å². The Balaban J connectivity index is 1.60. The first-order valence-corrected chi connectivity index (χ1v) is 8.50. The Labute approximate surface area is 144 Å². The summed E-state index contributed by atoms with van der Waals surface area (Å²) < 4.78 is 0. The largest absolute Gasteiger partial charge is 0.331 e. The van der Waals surface area contributed by atoms with E-state index in [1.54, 1.807) is 23.7 Å². The molecule has 0 radical (unpaired) electrons. The quantitative estimate of drug-likeness (QED) is 0.741. The summed E-state index contributed by atoms with van der Waals surface area (Å²) in [4.78, 5) is 20.5. The molecule has 2 N–H and O–H groups in total. The summed E-state index contributed by atoms with van der Waals surface area (Å²) in [5, 5.41) is 8.75. The standard InChI is InChI=1S/C18H18N4OS/c1-12-11-24-17(20-12)15-3-5-16(6-4-15)22-18(23)21-13(2)14-7-9-19-10-8-14/h3-11,13H,1-2H3,(H2,21,22,23)/t13-/m1/s1. The van der Waals surface area contributed by atoms with Crippen molar-refractivity contribution in [1.82, 2.24) is 15.3 Å². The molecule has 0 unspecified atom stereocenters. The van der Waals surface area contributed by atoms with Crippen molar-refractivity contribution < 1.29 is 4.79 Å². The van der Waals surface area contributed by atoms with Crippen LogP contribution in [-0.4, -0.2) is 16.0 Å². The zero-order valence-corrected chi connectivity index (χ0v) is 14.3. The first-order valence-electron chi connectivity index (χ1n) is 7.62. The molecule has 1 atom stereocenters. The SMILES string of the molecule is Cc1csc(-c2ccc(NC(=O)N[C@H](C)c3ccncc3)cc2)n1. The fourth-order valence-corrected chi connectivity index (χ4v) is 3.09. The molecule has 2 amide bonds. The average molecular weight is 338 g/mol. The van der Waals surface area contributed by atoms with Crippen LogP contribution in [0, 0.1) is 6.92 Å². The molecule has 5 nitrogen and oxygen atoms in total. The Hall–Kier alpha value is -2.73. The van der Waals surface area contributed by atoms with Crippen molar-refractivity contribution >= 4 is 23.1 Å². The van der Waals surface area contributed by atoms with Gasteiger partial charge < -0.3 is 10.6 Å². The van der Waals surface area contributed by atoms with Crippen LogP contribution in [0.5, 0.6) is 0 Å². The van der Waals surface area contributed by atoms with Gasteiger partial charge in [0.15, 0.2) is 0 Å². The molecule has 122 valence electrons. The molecule has 0 aliphatic rings. The monoisotopic (exact) mass is 338 g/mol. The van der Waals surface area contributed by atoms with Crippen LogP contribution in [0.3, 0.4) is 0 Å². The summed E-state index contributed by atoms with van der Waals surface area (Å²) >= 11 is 1.61. The molecule has 3 rings (SSSR count). The number of nitrogens with one attached hydrogen (secondary N) is 2. The van der Waals surface area contributed by atoms with Crippen LogP contribution in [-0.2, 0) is 0 Å². The van der Waals surface area contributed by atoms with Gasteiger partial charge in [-0.1, -0.05) is 0 Å². The van der Waals surface area contributed by atoms with Crippen molar-refractivity contribution in [3.8, 4) is 10.6 Å². The topological polar surface area (TPSA) is 66.9 Å². The molecule has 2 aromatic heterocycles. The van der Waals surface area contributed by atoms with Crippen molar-refractivity contribution in [2.75, 3.05) is 5.32 Å². The average Bonchev–Trinajstić information content (AvgIpc) is 3.02. The molecule has 3 aromatic rings. The van der Waals surface area contributed by atoms with E-state index in [1.165, 1.54) is 0 Å². The fourth-order valence-electron chi connectivity index (χ4n) is 2.28. The maximum atomic E-state index is 12.1. The number of thiazole rings is 1. The number of aryl methyl sites for hydroxylation is 1. The lowest BCUT2D eigenvalue weighted by atomic mass is 10.1. The predicted molar refractivity (Wildman–Crippen MR) is 97.1 cm³/mol. The van der Waals surface area contributed by atoms with Crippen molar-refractivity contribution in [3.05, 3.63) is 65.4 Å². The molecule has 2 heterocycles. The molecule has 0 bridgehead atoms. The molecule has 0 aliphatic heterocycles. The zero-order valence-electron chi connectivity index (χ0n) is 13.5. The first kappa shape index (κ1) is 16.1. The van der Waals surface area contributed by atoms with E-state index in [4.69, 9.17) is 0 Å². The summed E-state index contributed by atoms with van der Waals surface area (Å²) in [6.07, 6.45) is 3.43. The highest BCUT2D eigenvalue weighted by atomic mass is 32.1. The van der Waals surface area contributed by atoms with Crippen molar-refractivity contribution in [2.45, 2.75) is 19.9 Å². The second-order valence-corrected chi connectivity index (χ2v) is 6.33. The van der Waals surface area contributed by atoms with Gasteiger partial charge in [0.25, 0.3) is 0 Å². The van der Waals surface area contributed by atoms with E-state index in [1.807, 2.05) is 55.6 Å². The summed E-state index contributed by atoms with van der Waals surface area (Å²) in [5.41, 5.74) is 3.81. The van der Waals surface area contributed by atoms with E-state index in [0.717, 1.165) is 27.5 Å². The fraction of sp³-hybridized carbons (Fsp3) is 0.167. The van der Waals surface area contributed by atoms with Gasteiger partial charge in [0.05, 0.1) is 6.04 Å². The van der Waals surface area contributed by atoms with Crippen molar-refractivity contribution in [1.29, 1.82) is 0 Å². The minimum Gasteiger partial charge on any atom is -0.331 e. The van der Waals surface area contributed by atoms with Gasteiger partial charge in [-0.15, -0.1) is 11.3 Å². The van der Waals surface area contributed by atoms with Gasteiger partial charge in [-0.2, -0.15) is 0 Å². The van der Waals surface area contributed by atoms with Gasteiger partial charge in [-0.25, -0.2) is 9.78 Å². The lowest BCUT2D eigenvalue weighted by molar-refractivity contribution is 0.249. The van der Waals surface area contributed by atoms with Crippen LogP contribution in [0.25, 0.3) is 10.6 Å². The Bertz CT molecular complexity index is 815. The molecule has 0 aliphatic carbocycles. The third-order valence-electron chi connectivity index (χ3n) is 3.56. The molecule has 6 heteroatoms. The number of benzene rings is 1. The number of hydrogen-bond acceptors (Lipinski definition) is 4. The number of amides is 2. The third-order valence-corrected chi connectivity index (χ3v) is 4.57. The number of nitrogens with zero attached hydrogens (tertiary/aromatic N) is 2. The zero-order chi connectivity index (χ0) is 16.9. The molecular weight excluding hydrogens is 320 g/mol. The molecule has 0 saturated heterocycles. The lowest BCUT2D eigenvalue weighted by Gasteiger charge is -2.15. The van der Waals surface area contributed by atoms with Crippen LogP contribution >= 0.6 is 11.3 Å². The van der Waals surface area contributed by atoms with E-state index < -0.39 is 0 Å². The summed E-state index contributed by atoms with van der Waals surface area (Å²) in [6, 6.07) is 11.1. The van der Waals surface area contributed by atoms with E-state index in [-0.39, 0.29) is 12.1 Å². The van der Waals surface area contributed by atoms with Crippen molar-refractivity contribution in [3.63, 3.8) is 0 Å². The van der Waals surface area contributed by atoms with Crippen LogP contribution in [0.2, 0.25) is 0 Å². The van der Waals surface area contributed by atoms with Gasteiger partial charge in [0, 0.05) is 34.7 Å². The highest BCUT2D eigenvalue weighted by molar-refractivity contribution is 7.13. The number of urea groups is 1. The van der Waals surface area contributed by atoms with Crippen LogP contribution in [0.4, 0.5) is 10.5 Å². The van der Waals surface area contributed by atoms with Gasteiger partial charge in [-0.05, 0) is 55.8 Å². The van der Waals surface area contributed by atoms with Crippen LogP contribution in [0.1, 0.15) is 24.2 Å². The Morgan fingerprint density at radius 3 is 2.46 bits per heavy atom. The predicted octanol–water partition coefficient (Wildman–Crippen LogP) is 4.40. The highest BCUT2D eigenvalue weighted by Gasteiger charge is 2.09. The normalized spacial score (nSPS) is 11.8. The van der Waals surface area contributed by atoms with Gasteiger partial charge >= 0.3 is 6.03 Å². The Kier molecular flexibility index (Phi) is 4.86. The molecule has 24 heavy (non-hydrogen) atoms. The van der Waals surface area contributed by atoms with E-state index in [0.29, 0.717) is 0 Å². The van der Waals surface area contributed by atoms with E-state index in [9.17, 15) is 4.79 Å². The molecule has 0 spiro atoms. The maximum Gasteiger partial charge on any atom is 0.319 e. The highest BCUT2D eigenvalue weighted by Crippen LogP contribution is 2.24.